The predicted molar refractivity (Wildman–Crippen MR) is 135 cm³/mol. The van der Waals surface area contributed by atoms with E-state index in [9.17, 15) is 9.59 Å². The maximum atomic E-state index is 12.6. The Labute approximate surface area is 203 Å². The van der Waals surface area contributed by atoms with Crippen LogP contribution in [0.4, 0.5) is 17.3 Å². The van der Waals surface area contributed by atoms with E-state index in [1.807, 2.05) is 30.3 Å². The fraction of sp³-hybridized carbons (Fsp3) is 0.400. The summed E-state index contributed by atoms with van der Waals surface area (Å²) < 4.78 is 12.5. The molecule has 0 amide bonds. The van der Waals surface area contributed by atoms with E-state index in [-0.39, 0.29) is 23.7 Å². The third-order valence-corrected chi connectivity index (χ3v) is 6.47. The number of hydrogen-bond donors (Lipinski definition) is 1. The van der Waals surface area contributed by atoms with E-state index in [1.54, 1.807) is 27.1 Å². The molecule has 1 fully saturated rings. The van der Waals surface area contributed by atoms with Crippen LogP contribution in [0.25, 0.3) is 10.9 Å². The van der Waals surface area contributed by atoms with Crippen LogP contribution in [-0.2, 0) is 16.6 Å². The first-order valence-corrected chi connectivity index (χ1v) is 11.8. The molecule has 1 aliphatic heterocycles. The van der Waals surface area contributed by atoms with E-state index in [2.05, 4.69) is 10.2 Å². The standard InChI is InChI=1S/C25H29ClN4O4/c1-4-18(31)15-34-22-14-16-13-17(5-7-21(16)29(2)25(22)32)27-24-20(26)6-8-23(28-24)30-11-9-19(33-3)10-12-30/h5-8,13-14,19H,4,9-12,15H2,1-3H3,(H,27,28). The van der Waals surface area contributed by atoms with E-state index in [4.69, 9.17) is 26.1 Å². The maximum absolute atomic E-state index is 12.6. The summed E-state index contributed by atoms with van der Waals surface area (Å²) in [5.74, 6) is 1.50. The lowest BCUT2D eigenvalue weighted by Gasteiger charge is -2.32. The first-order valence-electron chi connectivity index (χ1n) is 11.4. The molecule has 0 bridgehead atoms. The van der Waals surface area contributed by atoms with Crippen molar-refractivity contribution in [2.24, 2.45) is 7.05 Å². The molecule has 2 aromatic heterocycles. The van der Waals surface area contributed by atoms with Gasteiger partial charge in [0.15, 0.2) is 17.4 Å². The normalized spacial score (nSPS) is 14.4. The number of anilines is 3. The summed E-state index contributed by atoms with van der Waals surface area (Å²) in [6.07, 6.45) is 2.57. The van der Waals surface area contributed by atoms with Crippen LogP contribution in [0.5, 0.6) is 5.75 Å². The van der Waals surface area contributed by atoms with E-state index in [0.29, 0.717) is 23.4 Å². The van der Waals surface area contributed by atoms with Crippen molar-refractivity contribution in [1.29, 1.82) is 0 Å². The minimum atomic E-state index is -0.285. The molecule has 0 atom stereocenters. The van der Waals surface area contributed by atoms with Gasteiger partial charge in [-0.25, -0.2) is 4.98 Å². The Kier molecular flexibility index (Phi) is 7.38. The molecular formula is C25H29ClN4O4. The minimum Gasteiger partial charge on any atom is -0.480 e. The molecule has 8 nitrogen and oxygen atoms in total. The number of halogens is 1. The zero-order valence-corrected chi connectivity index (χ0v) is 20.4. The highest BCUT2D eigenvalue weighted by atomic mass is 35.5. The Hall–Kier alpha value is -3.10. The highest BCUT2D eigenvalue weighted by Gasteiger charge is 2.20. The molecule has 1 aliphatic rings. The number of rotatable bonds is 8. The summed E-state index contributed by atoms with van der Waals surface area (Å²) >= 11 is 6.44. The summed E-state index contributed by atoms with van der Waals surface area (Å²) in [6.45, 7) is 3.39. The highest BCUT2D eigenvalue weighted by molar-refractivity contribution is 6.33. The number of Topliss-reactive ketones (excluding diaryl/α,β-unsaturated/α-hetero) is 1. The van der Waals surface area contributed by atoms with Crippen LogP contribution in [0.1, 0.15) is 26.2 Å². The molecular weight excluding hydrogens is 456 g/mol. The Morgan fingerprint density at radius 1 is 1.21 bits per heavy atom. The van der Waals surface area contributed by atoms with Gasteiger partial charge < -0.3 is 24.3 Å². The number of aryl methyl sites for hydroxylation is 1. The van der Waals surface area contributed by atoms with Gasteiger partial charge in [0.2, 0.25) is 0 Å². The van der Waals surface area contributed by atoms with E-state index in [1.165, 1.54) is 4.57 Å². The van der Waals surface area contributed by atoms with Gasteiger partial charge in [-0.15, -0.1) is 0 Å². The summed E-state index contributed by atoms with van der Waals surface area (Å²) in [5.41, 5.74) is 1.23. The van der Waals surface area contributed by atoms with Gasteiger partial charge in [0.05, 0.1) is 16.6 Å². The average molecular weight is 485 g/mol. The van der Waals surface area contributed by atoms with Gasteiger partial charge in [0, 0.05) is 44.7 Å². The molecule has 1 aromatic carbocycles. The largest absolute Gasteiger partial charge is 0.480 e. The maximum Gasteiger partial charge on any atom is 0.293 e. The van der Waals surface area contributed by atoms with Crippen LogP contribution in [0, 0.1) is 0 Å². The molecule has 3 aromatic rings. The number of nitrogens with one attached hydrogen (secondary N) is 1. The SMILES string of the molecule is CCC(=O)COc1cc2cc(Nc3nc(N4CCC(OC)CC4)ccc3Cl)ccc2n(C)c1=O. The number of hydrogen-bond acceptors (Lipinski definition) is 7. The number of piperidine rings is 1. The second kappa shape index (κ2) is 10.4. The van der Waals surface area contributed by atoms with Crippen molar-refractivity contribution >= 4 is 45.6 Å². The van der Waals surface area contributed by atoms with E-state index >= 15 is 0 Å². The Morgan fingerprint density at radius 2 is 1.97 bits per heavy atom. The average Bonchev–Trinajstić information content (AvgIpc) is 2.86. The van der Waals surface area contributed by atoms with Gasteiger partial charge in [-0.1, -0.05) is 18.5 Å². The van der Waals surface area contributed by atoms with E-state index in [0.717, 1.165) is 48.3 Å². The zero-order chi connectivity index (χ0) is 24.2. The van der Waals surface area contributed by atoms with Crippen LogP contribution < -0.4 is 20.5 Å². The highest BCUT2D eigenvalue weighted by Crippen LogP contribution is 2.29. The number of fused-ring (bicyclic) bond motifs is 1. The number of ether oxygens (including phenoxy) is 2. The number of pyridine rings is 2. The third-order valence-electron chi connectivity index (χ3n) is 6.17. The molecule has 0 saturated carbocycles. The molecule has 0 aliphatic carbocycles. The van der Waals surface area contributed by atoms with Gasteiger partial charge in [-0.05, 0) is 49.2 Å². The third kappa shape index (κ3) is 5.18. The molecule has 4 rings (SSSR count). The minimum absolute atomic E-state index is 0.0652. The molecule has 180 valence electrons. The quantitative estimate of drug-likeness (QED) is 0.510. The van der Waals surface area contributed by atoms with Crippen molar-refractivity contribution in [3.05, 3.63) is 51.8 Å². The van der Waals surface area contributed by atoms with Crippen molar-refractivity contribution in [2.75, 3.05) is 37.0 Å². The smallest absolute Gasteiger partial charge is 0.293 e. The fourth-order valence-corrected chi connectivity index (χ4v) is 4.20. The first kappa shape index (κ1) is 24.0. The zero-order valence-electron chi connectivity index (χ0n) is 19.6. The summed E-state index contributed by atoms with van der Waals surface area (Å²) in [4.78, 5) is 31.2. The summed E-state index contributed by atoms with van der Waals surface area (Å²) in [5, 5.41) is 4.60. The lowest BCUT2D eigenvalue weighted by atomic mass is 10.1. The number of aromatic nitrogens is 2. The number of ketones is 1. The van der Waals surface area contributed by atoms with Crippen LogP contribution in [-0.4, -0.2) is 48.2 Å². The Balaban J connectivity index is 1.59. The predicted octanol–water partition coefficient (Wildman–Crippen LogP) is 4.30. The molecule has 1 N–H and O–H groups in total. The van der Waals surface area contributed by atoms with Gasteiger partial charge >= 0.3 is 0 Å². The lowest BCUT2D eigenvalue weighted by Crippen LogP contribution is -2.37. The van der Waals surface area contributed by atoms with Crippen molar-refractivity contribution in [3.8, 4) is 5.75 Å². The Bertz CT molecular complexity index is 1250. The summed E-state index contributed by atoms with van der Waals surface area (Å²) in [7, 11) is 3.44. The fourth-order valence-electron chi connectivity index (χ4n) is 4.05. The first-order chi connectivity index (χ1) is 16.4. The molecule has 9 heteroatoms. The van der Waals surface area contributed by atoms with Gasteiger partial charge in [0.25, 0.3) is 5.56 Å². The number of methoxy groups -OCH3 is 1. The number of benzene rings is 1. The number of carbonyl (C=O) groups is 1. The number of nitrogens with zero attached hydrogens (tertiary/aromatic N) is 3. The monoisotopic (exact) mass is 484 g/mol. The summed E-state index contributed by atoms with van der Waals surface area (Å²) in [6, 6.07) is 11.1. The van der Waals surface area contributed by atoms with Crippen LogP contribution in [0.2, 0.25) is 5.02 Å². The number of carbonyl (C=O) groups excluding carboxylic acids is 1. The topological polar surface area (TPSA) is 85.7 Å². The second-order valence-corrected chi connectivity index (χ2v) is 8.78. The second-order valence-electron chi connectivity index (χ2n) is 8.37. The molecule has 34 heavy (non-hydrogen) atoms. The van der Waals surface area contributed by atoms with Crippen LogP contribution in [0.15, 0.2) is 41.2 Å². The van der Waals surface area contributed by atoms with Gasteiger partial charge in [0.1, 0.15) is 12.4 Å². The van der Waals surface area contributed by atoms with Crippen molar-refractivity contribution < 1.29 is 14.3 Å². The molecule has 0 unspecified atom stereocenters. The molecule has 0 spiro atoms. The van der Waals surface area contributed by atoms with Crippen molar-refractivity contribution in [2.45, 2.75) is 32.3 Å². The lowest BCUT2D eigenvalue weighted by molar-refractivity contribution is -0.120. The van der Waals surface area contributed by atoms with Crippen molar-refractivity contribution in [1.82, 2.24) is 9.55 Å². The van der Waals surface area contributed by atoms with Crippen LogP contribution in [0.3, 0.4) is 0 Å². The van der Waals surface area contributed by atoms with Crippen molar-refractivity contribution in [3.63, 3.8) is 0 Å². The molecule has 1 saturated heterocycles. The Morgan fingerprint density at radius 3 is 2.68 bits per heavy atom. The van der Waals surface area contributed by atoms with E-state index < -0.39 is 0 Å². The molecule has 3 heterocycles. The van der Waals surface area contributed by atoms with Gasteiger partial charge in [-0.2, -0.15) is 0 Å². The van der Waals surface area contributed by atoms with Crippen LogP contribution >= 0.6 is 11.6 Å². The molecule has 0 radical (unpaired) electrons. The van der Waals surface area contributed by atoms with Gasteiger partial charge in [-0.3, -0.25) is 9.59 Å².